The molecule has 0 aromatic rings. The first kappa shape index (κ1) is 10.0. The zero-order valence-corrected chi connectivity index (χ0v) is 9.65. The summed E-state index contributed by atoms with van der Waals surface area (Å²) in [5.74, 6) is 0. The van der Waals surface area contributed by atoms with Crippen LogP contribution in [-0.2, 0) is 0 Å². The Morgan fingerprint density at radius 2 is 1.25 bits per heavy atom. The van der Waals surface area contributed by atoms with Crippen LogP contribution in [0.1, 0.15) is 54.9 Å². The van der Waals surface area contributed by atoms with Crippen molar-refractivity contribution in [1.29, 1.82) is 0 Å². The number of hydrogen-bond donors (Lipinski definition) is 0. The van der Waals surface area contributed by atoms with Crippen LogP contribution >= 0.6 is 0 Å². The van der Waals surface area contributed by atoms with Gasteiger partial charge >= 0.3 is 0 Å². The molecular formula is C11H23N. The first-order valence-corrected chi connectivity index (χ1v) is 4.88. The second-order valence-electron chi connectivity index (χ2n) is 6.31. The minimum absolute atomic E-state index is 0.297. The molecule has 0 aliphatic carbocycles. The molecule has 0 atom stereocenters. The molecule has 1 aliphatic rings. The zero-order valence-electron chi connectivity index (χ0n) is 9.65. The van der Waals surface area contributed by atoms with Crippen LogP contribution in [0.2, 0.25) is 0 Å². The van der Waals surface area contributed by atoms with Gasteiger partial charge in [0.2, 0.25) is 0 Å². The van der Waals surface area contributed by atoms with E-state index in [4.69, 9.17) is 0 Å². The van der Waals surface area contributed by atoms with Crippen LogP contribution in [0.4, 0.5) is 0 Å². The Morgan fingerprint density at radius 3 is 1.33 bits per heavy atom. The third-order valence-corrected chi connectivity index (χ3v) is 2.75. The van der Waals surface area contributed by atoms with E-state index in [0.717, 1.165) is 0 Å². The van der Waals surface area contributed by atoms with Crippen molar-refractivity contribution in [2.45, 2.75) is 71.5 Å². The number of hydrogen-bond acceptors (Lipinski definition) is 1. The molecule has 0 bridgehead atoms. The lowest BCUT2D eigenvalue weighted by Gasteiger charge is -2.66. The van der Waals surface area contributed by atoms with Crippen LogP contribution in [0.15, 0.2) is 0 Å². The lowest BCUT2D eigenvalue weighted by atomic mass is 9.69. The van der Waals surface area contributed by atoms with Crippen molar-refractivity contribution >= 4 is 0 Å². The third kappa shape index (κ3) is 1.39. The molecule has 1 rings (SSSR count). The van der Waals surface area contributed by atoms with Crippen molar-refractivity contribution in [2.75, 3.05) is 0 Å². The Bertz CT molecular complexity index is 155. The van der Waals surface area contributed by atoms with E-state index < -0.39 is 0 Å². The molecule has 0 spiro atoms. The maximum atomic E-state index is 2.62. The molecule has 0 saturated carbocycles. The fourth-order valence-corrected chi connectivity index (χ4v) is 3.76. The molecular weight excluding hydrogens is 146 g/mol. The van der Waals surface area contributed by atoms with E-state index in [2.05, 4.69) is 53.4 Å². The summed E-state index contributed by atoms with van der Waals surface area (Å²) in [6, 6.07) is 0. The van der Waals surface area contributed by atoms with Crippen LogP contribution < -0.4 is 0 Å². The molecule has 1 fully saturated rings. The van der Waals surface area contributed by atoms with Gasteiger partial charge in [0, 0.05) is 16.6 Å². The monoisotopic (exact) mass is 169 g/mol. The molecule has 1 aliphatic heterocycles. The van der Waals surface area contributed by atoms with Crippen LogP contribution in [0.5, 0.6) is 0 Å². The van der Waals surface area contributed by atoms with Gasteiger partial charge in [0.1, 0.15) is 0 Å². The Hall–Kier alpha value is -0.0400. The van der Waals surface area contributed by atoms with Gasteiger partial charge < -0.3 is 0 Å². The van der Waals surface area contributed by atoms with E-state index in [-0.39, 0.29) is 0 Å². The quantitative estimate of drug-likeness (QED) is 0.539. The predicted octanol–water partition coefficient (Wildman–Crippen LogP) is 3.05. The largest absolute Gasteiger partial charge is 0.288 e. The summed E-state index contributed by atoms with van der Waals surface area (Å²) in [5.41, 5.74) is 1.08. The highest BCUT2D eigenvalue weighted by molar-refractivity contribution is 5.10. The molecule has 1 heterocycles. The van der Waals surface area contributed by atoms with Crippen molar-refractivity contribution in [3.63, 3.8) is 0 Å². The van der Waals surface area contributed by atoms with Crippen molar-refractivity contribution in [2.24, 2.45) is 0 Å². The highest BCUT2D eigenvalue weighted by Crippen LogP contribution is 2.48. The van der Waals surface area contributed by atoms with Crippen molar-refractivity contribution in [1.82, 2.24) is 4.90 Å². The first-order valence-electron chi connectivity index (χ1n) is 4.88. The summed E-state index contributed by atoms with van der Waals surface area (Å²) >= 11 is 0. The number of rotatable bonds is 0. The Kier molecular flexibility index (Phi) is 1.89. The molecule has 0 aromatic heterocycles. The Balaban J connectivity index is 2.87. The van der Waals surface area contributed by atoms with E-state index in [0.29, 0.717) is 16.6 Å². The summed E-state index contributed by atoms with van der Waals surface area (Å²) in [6.07, 6.45) is 1.30. The fourth-order valence-electron chi connectivity index (χ4n) is 3.76. The summed E-state index contributed by atoms with van der Waals surface area (Å²) in [6.45, 7) is 16.3. The molecule has 0 unspecified atom stereocenters. The smallest absolute Gasteiger partial charge is 0.0181 e. The second-order valence-corrected chi connectivity index (χ2v) is 6.31. The summed E-state index contributed by atoms with van der Waals surface area (Å²) < 4.78 is 0. The maximum absolute atomic E-state index is 2.62. The van der Waals surface area contributed by atoms with Crippen LogP contribution in [0.25, 0.3) is 0 Å². The van der Waals surface area contributed by atoms with Gasteiger partial charge in [0.15, 0.2) is 0 Å². The summed E-state index contributed by atoms with van der Waals surface area (Å²) in [5, 5.41) is 0. The van der Waals surface area contributed by atoms with Gasteiger partial charge in [-0.1, -0.05) is 0 Å². The van der Waals surface area contributed by atoms with Gasteiger partial charge in [-0.25, -0.2) is 0 Å². The molecule has 0 aromatic carbocycles. The Labute approximate surface area is 77.1 Å². The summed E-state index contributed by atoms with van der Waals surface area (Å²) in [4.78, 5) is 2.62. The summed E-state index contributed by atoms with van der Waals surface area (Å²) in [7, 11) is 0. The molecule has 0 N–H and O–H groups in total. The average molecular weight is 169 g/mol. The molecule has 1 nitrogen and oxygen atoms in total. The average Bonchev–Trinajstić information content (AvgIpc) is 1.48. The van der Waals surface area contributed by atoms with Gasteiger partial charge in [-0.05, 0) is 54.9 Å². The van der Waals surface area contributed by atoms with E-state index in [1.807, 2.05) is 0 Å². The van der Waals surface area contributed by atoms with Crippen molar-refractivity contribution in [3.05, 3.63) is 0 Å². The molecule has 1 saturated heterocycles. The van der Waals surface area contributed by atoms with Gasteiger partial charge in [0.25, 0.3) is 0 Å². The lowest BCUT2D eigenvalue weighted by Crippen LogP contribution is -2.74. The molecule has 12 heavy (non-hydrogen) atoms. The van der Waals surface area contributed by atoms with Crippen LogP contribution in [-0.4, -0.2) is 21.5 Å². The molecule has 0 amide bonds. The number of nitrogens with zero attached hydrogens (tertiary/aromatic N) is 1. The van der Waals surface area contributed by atoms with Crippen molar-refractivity contribution < 1.29 is 0 Å². The minimum atomic E-state index is 0.297. The second kappa shape index (κ2) is 2.25. The standard InChI is InChI=1S/C11H23N/c1-9(2,3)12-10(4,5)8-11(12,6)7/h8H2,1-7H3. The normalized spacial score (nSPS) is 28.2. The van der Waals surface area contributed by atoms with Crippen LogP contribution in [0, 0.1) is 0 Å². The van der Waals surface area contributed by atoms with Gasteiger partial charge in [-0.15, -0.1) is 0 Å². The van der Waals surface area contributed by atoms with Crippen molar-refractivity contribution in [3.8, 4) is 0 Å². The van der Waals surface area contributed by atoms with Gasteiger partial charge in [-0.3, -0.25) is 4.90 Å². The van der Waals surface area contributed by atoms with E-state index in [1.54, 1.807) is 0 Å². The Morgan fingerprint density at radius 1 is 0.917 bits per heavy atom. The highest BCUT2D eigenvalue weighted by Gasteiger charge is 2.54. The topological polar surface area (TPSA) is 3.24 Å². The zero-order chi connectivity index (χ0) is 9.78. The van der Waals surface area contributed by atoms with E-state index in [9.17, 15) is 0 Å². The SMILES string of the molecule is CC(C)(C)N1C(C)(C)CC1(C)C. The minimum Gasteiger partial charge on any atom is -0.288 e. The number of likely N-dealkylation sites (tertiary alicyclic amines) is 1. The van der Waals surface area contributed by atoms with Gasteiger partial charge in [-0.2, -0.15) is 0 Å². The fraction of sp³-hybridized carbons (Fsp3) is 1.00. The first-order chi connectivity index (χ1) is 5.07. The predicted molar refractivity (Wildman–Crippen MR) is 54.4 cm³/mol. The van der Waals surface area contributed by atoms with E-state index >= 15 is 0 Å². The molecule has 1 heteroatoms. The highest BCUT2D eigenvalue weighted by atomic mass is 15.4. The maximum Gasteiger partial charge on any atom is 0.0181 e. The molecule has 72 valence electrons. The molecule has 0 radical (unpaired) electrons. The van der Waals surface area contributed by atoms with E-state index in [1.165, 1.54) is 6.42 Å². The van der Waals surface area contributed by atoms with Gasteiger partial charge in [0.05, 0.1) is 0 Å². The van der Waals surface area contributed by atoms with Crippen LogP contribution in [0.3, 0.4) is 0 Å². The third-order valence-electron chi connectivity index (χ3n) is 2.75. The lowest BCUT2D eigenvalue weighted by molar-refractivity contribution is -0.160.